The largest absolute Gasteiger partial charge is 0.247 e. The summed E-state index contributed by atoms with van der Waals surface area (Å²) < 4.78 is 1.24. The number of fused-ring (bicyclic) bond motifs is 3. The molecule has 0 aliphatic rings. The van der Waals surface area contributed by atoms with Crippen molar-refractivity contribution in [3.63, 3.8) is 0 Å². The summed E-state index contributed by atoms with van der Waals surface area (Å²) in [6.07, 6.45) is 0. The van der Waals surface area contributed by atoms with Gasteiger partial charge in [-0.3, -0.25) is 0 Å². The molecule has 3 nitrogen and oxygen atoms in total. The molecule has 0 radical (unpaired) electrons. The lowest BCUT2D eigenvalue weighted by atomic mass is 9.94. The zero-order valence-electron chi connectivity index (χ0n) is 33.1. The van der Waals surface area contributed by atoms with Gasteiger partial charge < -0.3 is 0 Å². The standard InChI is InChI=1S/C57H37N3S/c1-5-15-38(16-6-1)40-25-29-42(30-26-40)50-37-51(60-57(59-50)47-35-27-41(28-36-47)39-17-7-2-8-18-39)43-31-33-45(34-32-43)54-53-52(44-19-9-3-10-20-44)55(46-21-11-4-12-22-46)61-56(53)48-23-13-14-24-49(48)58-54/h1-37H. The van der Waals surface area contributed by atoms with Gasteiger partial charge in [0.1, 0.15) is 0 Å². The van der Waals surface area contributed by atoms with Crippen molar-refractivity contribution in [3.8, 4) is 89.0 Å². The van der Waals surface area contributed by atoms with E-state index in [9.17, 15) is 0 Å². The number of benzene rings is 8. The maximum absolute atomic E-state index is 5.42. The molecule has 0 spiro atoms. The molecular weight excluding hydrogens is 759 g/mol. The Morgan fingerprint density at radius 2 is 0.721 bits per heavy atom. The van der Waals surface area contributed by atoms with Crippen LogP contribution in [0.1, 0.15) is 0 Å². The predicted molar refractivity (Wildman–Crippen MR) is 256 cm³/mol. The first-order valence-corrected chi connectivity index (χ1v) is 21.3. The summed E-state index contributed by atoms with van der Waals surface area (Å²) in [6.45, 7) is 0. The van der Waals surface area contributed by atoms with E-state index < -0.39 is 0 Å². The summed E-state index contributed by atoms with van der Waals surface area (Å²) in [4.78, 5) is 17.1. The van der Waals surface area contributed by atoms with Gasteiger partial charge in [0.2, 0.25) is 0 Å². The first-order chi connectivity index (χ1) is 30.2. The van der Waals surface area contributed by atoms with E-state index in [1.54, 1.807) is 0 Å². The molecule has 0 unspecified atom stereocenters. The number of hydrogen-bond donors (Lipinski definition) is 0. The van der Waals surface area contributed by atoms with Crippen molar-refractivity contribution >= 4 is 32.3 Å². The van der Waals surface area contributed by atoms with Crippen molar-refractivity contribution in [2.45, 2.75) is 0 Å². The number of pyridine rings is 1. The Morgan fingerprint density at radius 1 is 0.311 bits per heavy atom. The molecule has 0 aliphatic heterocycles. The molecule has 61 heavy (non-hydrogen) atoms. The Morgan fingerprint density at radius 3 is 1.26 bits per heavy atom. The molecule has 11 rings (SSSR count). The Hall–Kier alpha value is -7.79. The lowest BCUT2D eigenvalue weighted by molar-refractivity contribution is 1.18. The van der Waals surface area contributed by atoms with Crippen LogP contribution in [-0.2, 0) is 0 Å². The second-order valence-corrected chi connectivity index (χ2v) is 16.2. The first kappa shape index (κ1) is 36.3. The molecular formula is C57H37N3S. The number of rotatable bonds is 8. The molecule has 0 saturated heterocycles. The van der Waals surface area contributed by atoms with Gasteiger partial charge in [-0.25, -0.2) is 15.0 Å². The summed E-state index contributed by atoms with van der Waals surface area (Å²) in [7, 11) is 0. The Bertz CT molecular complexity index is 3190. The van der Waals surface area contributed by atoms with Crippen molar-refractivity contribution < 1.29 is 0 Å². The van der Waals surface area contributed by atoms with E-state index in [0.717, 1.165) is 55.8 Å². The minimum Gasteiger partial charge on any atom is -0.247 e. The zero-order valence-corrected chi connectivity index (χ0v) is 33.9. The van der Waals surface area contributed by atoms with Crippen LogP contribution in [0, 0.1) is 0 Å². The minimum atomic E-state index is 0.681. The molecule has 8 aromatic carbocycles. The van der Waals surface area contributed by atoms with E-state index in [1.165, 1.54) is 48.3 Å². The summed E-state index contributed by atoms with van der Waals surface area (Å²) in [6, 6.07) is 79.0. The van der Waals surface area contributed by atoms with Crippen molar-refractivity contribution in [3.05, 3.63) is 224 Å². The molecule has 4 heteroatoms. The fraction of sp³-hybridized carbons (Fsp3) is 0. The average Bonchev–Trinajstić information content (AvgIpc) is 3.76. The lowest BCUT2D eigenvalue weighted by Gasteiger charge is -2.12. The van der Waals surface area contributed by atoms with Crippen molar-refractivity contribution in [1.82, 2.24) is 15.0 Å². The van der Waals surface area contributed by atoms with E-state index >= 15 is 0 Å². The van der Waals surface area contributed by atoms with Gasteiger partial charge in [-0.05, 0) is 45.5 Å². The van der Waals surface area contributed by atoms with Gasteiger partial charge in [0.25, 0.3) is 0 Å². The summed E-state index contributed by atoms with van der Waals surface area (Å²) in [5, 5.41) is 2.34. The fourth-order valence-electron chi connectivity index (χ4n) is 8.25. The summed E-state index contributed by atoms with van der Waals surface area (Å²) >= 11 is 1.85. The van der Waals surface area contributed by atoms with Crippen molar-refractivity contribution in [2.24, 2.45) is 0 Å². The van der Waals surface area contributed by atoms with Gasteiger partial charge in [-0.1, -0.05) is 212 Å². The Labute approximate surface area is 359 Å². The molecule has 0 atom stereocenters. The molecule has 286 valence electrons. The average molecular weight is 796 g/mol. The van der Waals surface area contributed by atoms with Crippen molar-refractivity contribution in [1.29, 1.82) is 0 Å². The molecule has 11 aromatic rings. The minimum absolute atomic E-state index is 0.681. The number of thiophene rings is 1. The van der Waals surface area contributed by atoms with Gasteiger partial charge in [-0.2, -0.15) is 0 Å². The highest BCUT2D eigenvalue weighted by Gasteiger charge is 2.23. The maximum atomic E-state index is 5.42. The van der Waals surface area contributed by atoms with Gasteiger partial charge in [0.05, 0.1) is 22.6 Å². The van der Waals surface area contributed by atoms with Gasteiger partial charge in [0.15, 0.2) is 5.82 Å². The van der Waals surface area contributed by atoms with Crippen LogP contribution in [0.4, 0.5) is 0 Å². The van der Waals surface area contributed by atoms with E-state index in [-0.39, 0.29) is 0 Å². The number of nitrogens with zero attached hydrogens (tertiary/aromatic N) is 3. The number of hydrogen-bond acceptors (Lipinski definition) is 4. The third-order valence-electron chi connectivity index (χ3n) is 11.3. The smallest absolute Gasteiger partial charge is 0.160 e. The highest BCUT2D eigenvalue weighted by atomic mass is 32.1. The monoisotopic (exact) mass is 795 g/mol. The van der Waals surface area contributed by atoms with Crippen LogP contribution < -0.4 is 0 Å². The third-order valence-corrected chi connectivity index (χ3v) is 12.6. The van der Waals surface area contributed by atoms with Crippen LogP contribution in [0.5, 0.6) is 0 Å². The lowest BCUT2D eigenvalue weighted by Crippen LogP contribution is -1.96. The topological polar surface area (TPSA) is 38.7 Å². The van der Waals surface area contributed by atoms with Crippen LogP contribution >= 0.6 is 11.3 Å². The zero-order chi connectivity index (χ0) is 40.5. The SMILES string of the molecule is c1ccc(-c2ccc(-c3cc(-c4ccc(-c5nc6ccccc6c6sc(-c7ccccc7)c(-c7ccccc7)c56)cc4)nc(-c4ccc(-c5ccccc5)cc4)n3)cc2)cc1. The molecule has 0 bridgehead atoms. The van der Waals surface area contributed by atoms with Crippen LogP contribution in [0.25, 0.3) is 110 Å². The highest BCUT2D eigenvalue weighted by molar-refractivity contribution is 7.24. The molecule has 0 saturated carbocycles. The molecule has 0 N–H and O–H groups in total. The normalized spacial score (nSPS) is 11.3. The predicted octanol–water partition coefficient (Wildman–Crippen LogP) is 15.6. The van der Waals surface area contributed by atoms with Crippen molar-refractivity contribution in [2.75, 3.05) is 0 Å². The van der Waals surface area contributed by atoms with Crippen LogP contribution in [0.2, 0.25) is 0 Å². The fourth-order valence-corrected chi connectivity index (χ4v) is 9.61. The van der Waals surface area contributed by atoms with Crippen LogP contribution in [-0.4, -0.2) is 15.0 Å². The Kier molecular flexibility index (Phi) is 9.38. The van der Waals surface area contributed by atoms with E-state index in [4.69, 9.17) is 15.0 Å². The van der Waals surface area contributed by atoms with E-state index in [0.29, 0.717) is 5.82 Å². The second kappa shape index (κ2) is 15.8. The quantitative estimate of drug-likeness (QED) is 0.154. The highest BCUT2D eigenvalue weighted by Crippen LogP contribution is 2.50. The maximum Gasteiger partial charge on any atom is 0.160 e. The number of para-hydroxylation sites is 1. The second-order valence-electron chi connectivity index (χ2n) is 15.1. The van der Waals surface area contributed by atoms with Gasteiger partial charge in [0, 0.05) is 48.2 Å². The third kappa shape index (κ3) is 6.99. The van der Waals surface area contributed by atoms with Gasteiger partial charge in [-0.15, -0.1) is 11.3 Å². The molecule has 3 aromatic heterocycles. The molecule has 0 aliphatic carbocycles. The summed E-state index contributed by atoms with van der Waals surface area (Å²) in [5.41, 5.74) is 16.0. The molecule has 0 fully saturated rings. The summed E-state index contributed by atoms with van der Waals surface area (Å²) in [5.74, 6) is 0.681. The van der Waals surface area contributed by atoms with Gasteiger partial charge >= 0.3 is 0 Å². The van der Waals surface area contributed by atoms with Crippen LogP contribution in [0.3, 0.4) is 0 Å². The molecule has 3 heterocycles. The first-order valence-electron chi connectivity index (χ1n) is 20.5. The Balaban J connectivity index is 1.05. The molecule has 0 amide bonds. The van der Waals surface area contributed by atoms with E-state index in [2.05, 4.69) is 212 Å². The van der Waals surface area contributed by atoms with E-state index in [1.807, 2.05) is 23.5 Å². The van der Waals surface area contributed by atoms with Crippen LogP contribution in [0.15, 0.2) is 224 Å². The number of aromatic nitrogens is 3.